The number of alkyl halides is 5. The molecule has 3 rings (SSSR count). The predicted molar refractivity (Wildman–Crippen MR) is 88.5 cm³/mol. The highest BCUT2D eigenvalue weighted by molar-refractivity contribution is 5.90. The van der Waals surface area contributed by atoms with E-state index in [4.69, 9.17) is 0 Å². The molecule has 0 radical (unpaired) electrons. The maximum absolute atomic E-state index is 13.1. The summed E-state index contributed by atoms with van der Waals surface area (Å²) in [4.78, 5) is 21.5. The van der Waals surface area contributed by atoms with Crippen LogP contribution in [-0.4, -0.2) is 41.7 Å². The van der Waals surface area contributed by atoms with Gasteiger partial charge in [0.2, 0.25) is 5.91 Å². The lowest BCUT2D eigenvalue weighted by molar-refractivity contribution is -0.140. The van der Waals surface area contributed by atoms with Crippen LogP contribution in [0.15, 0.2) is 24.3 Å². The summed E-state index contributed by atoms with van der Waals surface area (Å²) < 4.78 is 63.2. The number of halogens is 5. The Hall–Kier alpha value is -2.52. The van der Waals surface area contributed by atoms with Gasteiger partial charge in [0, 0.05) is 18.5 Å². The number of hydrogen-bond acceptors (Lipinski definition) is 4. The number of hydrogen-bond donors (Lipinski definition) is 1. The number of anilines is 1. The van der Waals surface area contributed by atoms with E-state index < -0.39 is 36.8 Å². The van der Waals surface area contributed by atoms with E-state index >= 15 is 0 Å². The van der Waals surface area contributed by atoms with E-state index in [9.17, 15) is 26.7 Å². The summed E-state index contributed by atoms with van der Waals surface area (Å²) in [6.07, 6.45) is -6.39. The Morgan fingerprint density at radius 1 is 1.26 bits per heavy atom. The third kappa shape index (κ3) is 4.61. The lowest BCUT2D eigenvalue weighted by Crippen LogP contribution is -2.45. The van der Waals surface area contributed by atoms with Crippen molar-refractivity contribution in [3.63, 3.8) is 0 Å². The maximum atomic E-state index is 13.1. The normalized spacial score (nSPS) is 18.1. The number of aromatic nitrogens is 2. The van der Waals surface area contributed by atoms with Crippen molar-refractivity contribution in [2.75, 3.05) is 24.5 Å². The number of para-hydroxylation sites is 1. The summed E-state index contributed by atoms with van der Waals surface area (Å²) in [6.45, 7) is -0.825. The first-order valence-electron chi connectivity index (χ1n) is 8.39. The number of benzene rings is 1. The molecule has 1 unspecified atom stereocenters. The third-order valence-corrected chi connectivity index (χ3v) is 4.35. The summed E-state index contributed by atoms with van der Waals surface area (Å²) in [5.41, 5.74) is 0.349. The van der Waals surface area contributed by atoms with E-state index in [1.165, 1.54) is 0 Å². The van der Waals surface area contributed by atoms with E-state index in [0.717, 1.165) is 0 Å². The van der Waals surface area contributed by atoms with Gasteiger partial charge in [0.05, 0.1) is 11.4 Å². The first kappa shape index (κ1) is 19.2. The van der Waals surface area contributed by atoms with E-state index in [2.05, 4.69) is 9.97 Å². The average molecular weight is 388 g/mol. The van der Waals surface area contributed by atoms with Gasteiger partial charge in [-0.3, -0.25) is 4.79 Å². The van der Waals surface area contributed by atoms with Crippen LogP contribution < -0.4 is 10.2 Å². The van der Waals surface area contributed by atoms with Crippen LogP contribution in [0.4, 0.5) is 27.8 Å². The van der Waals surface area contributed by atoms with Gasteiger partial charge in [-0.2, -0.15) is 13.2 Å². The van der Waals surface area contributed by atoms with Crippen molar-refractivity contribution < 1.29 is 26.7 Å². The zero-order chi connectivity index (χ0) is 19.6. The van der Waals surface area contributed by atoms with Crippen LogP contribution >= 0.6 is 0 Å². The Balaban J connectivity index is 1.84. The molecule has 2 aromatic rings. The van der Waals surface area contributed by atoms with Crippen molar-refractivity contribution in [3.05, 3.63) is 30.1 Å². The van der Waals surface area contributed by atoms with Gasteiger partial charge in [0.25, 0.3) is 6.43 Å². The van der Waals surface area contributed by atoms with Gasteiger partial charge < -0.3 is 10.2 Å². The van der Waals surface area contributed by atoms with Gasteiger partial charge in [0.1, 0.15) is 12.4 Å². The van der Waals surface area contributed by atoms with Crippen LogP contribution in [0.25, 0.3) is 10.9 Å². The van der Waals surface area contributed by atoms with Crippen LogP contribution in [-0.2, 0) is 4.79 Å². The molecule has 1 atom stereocenters. The van der Waals surface area contributed by atoms with Crippen molar-refractivity contribution in [1.82, 2.24) is 15.3 Å². The fourth-order valence-corrected chi connectivity index (χ4v) is 3.13. The van der Waals surface area contributed by atoms with Gasteiger partial charge >= 0.3 is 6.18 Å². The molecule has 1 aliphatic heterocycles. The molecule has 10 heteroatoms. The van der Waals surface area contributed by atoms with Gasteiger partial charge in [0.15, 0.2) is 5.82 Å². The first-order chi connectivity index (χ1) is 12.7. The predicted octanol–water partition coefficient (Wildman–Crippen LogP) is 3.46. The minimum atomic E-state index is -4.49. The number of carbonyl (C=O) groups is 1. The molecule has 1 aromatic heterocycles. The van der Waals surface area contributed by atoms with E-state index in [-0.39, 0.29) is 12.4 Å². The summed E-state index contributed by atoms with van der Waals surface area (Å²) in [5.74, 6) is -1.73. The average Bonchev–Trinajstić information content (AvgIpc) is 2.64. The van der Waals surface area contributed by atoms with Crippen LogP contribution in [0.2, 0.25) is 0 Å². The fraction of sp³-hybridized carbons (Fsp3) is 0.471. The molecule has 146 valence electrons. The standard InChI is InChI=1S/C17H17F5N4O/c18-13(19)14-24-12-6-2-1-5-11(12)15(25-14)26-7-3-4-10(8-26)16(27)23-9-17(20,21)22/h1-2,5-6,10,13H,3-4,7-9H2,(H,23,27). The van der Waals surface area contributed by atoms with Gasteiger partial charge in [-0.1, -0.05) is 12.1 Å². The van der Waals surface area contributed by atoms with Gasteiger partial charge in [-0.25, -0.2) is 18.7 Å². The minimum Gasteiger partial charge on any atom is -0.355 e. The van der Waals surface area contributed by atoms with Crippen LogP contribution in [0.5, 0.6) is 0 Å². The maximum Gasteiger partial charge on any atom is 0.405 e. The molecule has 1 N–H and O–H groups in total. The Kier molecular flexibility index (Phi) is 5.43. The molecule has 0 bridgehead atoms. The zero-order valence-electron chi connectivity index (χ0n) is 14.1. The second kappa shape index (κ2) is 7.61. The molecule has 1 aromatic carbocycles. The Bertz CT molecular complexity index is 827. The highest BCUT2D eigenvalue weighted by Gasteiger charge is 2.32. The number of amides is 1. The number of nitrogens with zero attached hydrogens (tertiary/aromatic N) is 3. The van der Waals surface area contributed by atoms with Crippen molar-refractivity contribution in [3.8, 4) is 0 Å². The Labute approximate surface area is 151 Å². The molecule has 0 aliphatic carbocycles. The Morgan fingerprint density at radius 2 is 2.00 bits per heavy atom. The van der Waals surface area contributed by atoms with E-state index in [1.54, 1.807) is 29.2 Å². The lowest BCUT2D eigenvalue weighted by Gasteiger charge is -2.33. The molecule has 0 saturated carbocycles. The highest BCUT2D eigenvalue weighted by Crippen LogP contribution is 2.30. The van der Waals surface area contributed by atoms with E-state index in [0.29, 0.717) is 30.3 Å². The largest absolute Gasteiger partial charge is 0.405 e. The number of fused-ring (bicyclic) bond motifs is 1. The van der Waals surface area contributed by atoms with Gasteiger partial charge in [-0.15, -0.1) is 0 Å². The van der Waals surface area contributed by atoms with Crippen molar-refractivity contribution in [2.45, 2.75) is 25.4 Å². The zero-order valence-corrected chi connectivity index (χ0v) is 14.1. The summed E-state index contributed by atoms with van der Waals surface area (Å²) in [5, 5.41) is 2.44. The van der Waals surface area contributed by atoms with Crippen molar-refractivity contribution in [2.24, 2.45) is 5.92 Å². The molecule has 27 heavy (non-hydrogen) atoms. The molecule has 5 nitrogen and oxygen atoms in total. The fourth-order valence-electron chi connectivity index (χ4n) is 3.13. The van der Waals surface area contributed by atoms with Crippen molar-refractivity contribution >= 4 is 22.6 Å². The molecular weight excluding hydrogens is 371 g/mol. The first-order valence-corrected chi connectivity index (χ1v) is 8.39. The summed E-state index contributed by atoms with van der Waals surface area (Å²) in [7, 11) is 0. The van der Waals surface area contributed by atoms with Crippen LogP contribution in [0.1, 0.15) is 25.1 Å². The molecule has 1 amide bonds. The van der Waals surface area contributed by atoms with Crippen molar-refractivity contribution in [1.29, 1.82) is 0 Å². The Morgan fingerprint density at radius 3 is 2.70 bits per heavy atom. The number of nitrogens with one attached hydrogen (secondary N) is 1. The van der Waals surface area contributed by atoms with Crippen LogP contribution in [0.3, 0.4) is 0 Å². The topological polar surface area (TPSA) is 58.1 Å². The molecular formula is C17H17F5N4O. The number of carbonyl (C=O) groups excluding carboxylic acids is 1. The molecule has 1 saturated heterocycles. The lowest BCUT2D eigenvalue weighted by atomic mass is 9.97. The molecule has 1 fully saturated rings. The number of piperidine rings is 1. The molecule has 0 spiro atoms. The van der Waals surface area contributed by atoms with E-state index in [1.807, 2.05) is 5.32 Å². The minimum absolute atomic E-state index is 0.105. The molecule has 1 aliphatic rings. The third-order valence-electron chi connectivity index (χ3n) is 4.35. The quantitative estimate of drug-likeness (QED) is 0.815. The SMILES string of the molecule is O=C(NCC(F)(F)F)C1CCCN(c2nc(C(F)F)nc3ccccc23)C1. The molecule has 2 heterocycles. The number of rotatable bonds is 4. The van der Waals surface area contributed by atoms with Gasteiger partial charge in [-0.05, 0) is 25.0 Å². The smallest absolute Gasteiger partial charge is 0.355 e. The summed E-state index contributed by atoms with van der Waals surface area (Å²) in [6, 6.07) is 6.66. The second-order valence-electron chi connectivity index (χ2n) is 6.34. The van der Waals surface area contributed by atoms with Crippen LogP contribution in [0, 0.1) is 5.92 Å². The summed E-state index contributed by atoms with van der Waals surface area (Å²) >= 11 is 0. The highest BCUT2D eigenvalue weighted by atomic mass is 19.4. The monoisotopic (exact) mass is 388 g/mol. The second-order valence-corrected chi connectivity index (χ2v) is 6.34.